The van der Waals surface area contributed by atoms with E-state index in [1.165, 1.54) is 0 Å². The highest BCUT2D eigenvalue weighted by Gasteiger charge is 2.25. The average Bonchev–Trinajstić information content (AvgIpc) is 2.76. The van der Waals surface area contributed by atoms with E-state index < -0.39 is 0 Å². The third kappa shape index (κ3) is 2.49. The lowest BCUT2D eigenvalue weighted by molar-refractivity contribution is 0.266. The van der Waals surface area contributed by atoms with Gasteiger partial charge in [0.15, 0.2) is 0 Å². The molecule has 1 unspecified atom stereocenters. The van der Waals surface area contributed by atoms with Gasteiger partial charge in [-0.3, -0.25) is 0 Å². The normalized spacial score (nSPS) is 19.8. The molecule has 5 heteroatoms. The van der Waals surface area contributed by atoms with Gasteiger partial charge in [-0.25, -0.2) is 9.97 Å². The molecular weight excluding hydrogens is 216 g/mol. The Morgan fingerprint density at radius 1 is 1.47 bits per heavy atom. The number of rotatable bonds is 3. The molecule has 17 heavy (non-hydrogen) atoms. The highest BCUT2D eigenvalue weighted by atomic mass is 16.3. The van der Waals surface area contributed by atoms with Gasteiger partial charge in [0.25, 0.3) is 0 Å². The highest BCUT2D eigenvalue weighted by Crippen LogP contribution is 2.25. The minimum Gasteiger partial charge on any atom is -0.394 e. The van der Waals surface area contributed by atoms with Crippen LogP contribution in [0.4, 0.5) is 11.6 Å². The molecule has 1 aromatic heterocycles. The second-order valence-corrected chi connectivity index (χ2v) is 4.70. The largest absolute Gasteiger partial charge is 0.394 e. The molecule has 1 aliphatic heterocycles. The Kier molecular flexibility index (Phi) is 3.47. The summed E-state index contributed by atoms with van der Waals surface area (Å²) in [4.78, 5) is 13.0. The fourth-order valence-corrected chi connectivity index (χ4v) is 2.24. The quantitative estimate of drug-likeness (QED) is 0.841. The maximum absolute atomic E-state index is 9.35. The molecule has 0 spiro atoms. The first-order valence-electron chi connectivity index (χ1n) is 6.02. The average molecular weight is 236 g/mol. The molecule has 2 heterocycles. The van der Waals surface area contributed by atoms with Gasteiger partial charge in [0, 0.05) is 26.7 Å². The Morgan fingerprint density at radius 3 is 2.88 bits per heavy atom. The SMILES string of the molecule is Cc1nc(N(C)C)cc(N2CCCC2CO)n1. The molecule has 1 atom stereocenters. The van der Waals surface area contributed by atoms with Crippen LogP contribution < -0.4 is 9.80 Å². The van der Waals surface area contributed by atoms with E-state index in [-0.39, 0.29) is 12.6 Å². The maximum atomic E-state index is 9.35. The summed E-state index contributed by atoms with van der Waals surface area (Å²) >= 11 is 0. The van der Waals surface area contributed by atoms with E-state index in [2.05, 4.69) is 14.9 Å². The van der Waals surface area contributed by atoms with Crippen molar-refractivity contribution in [1.29, 1.82) is 0 Å². The summed E-state index contributed by atoms with van der Waals surface area (Å²) in [5.74, 6) is 2.61. The molecule has 0 aliphatic carbocycles. The second kappa shape index (κ2) is 4.87. The predicted octanol–water partition coefficient (Wildman–Crippen LogP) is 0.812. The zero-order valence-corrected chi connectivity index (χ0v) is 10.7. The van der Waals surface area contributed by atoms with Crippen LogP contribution >= 0.6 is 0 Å². The molecule has 5 nitrogen and oxygen atoms in total. The van der Waals surface area contributed by atoms with Crippen LogP contribution in [0.2, 0.25) is 0 Å². The van der Waals surface area contributed by atoms with E-state index in [0.717, 1.165) is 36.8 Å². The van der Waals surface area contributed by atoms with Gasteiger partial charge in [0.1, 0.15) is 17.5 Å². The van der Waals surface area contributed by atoms with Crippen LogP contribution in [0.15, 0.2) is 6.07 Å². The molecule has 0 aromatic carbocycles. The first kappa shape index (κ1) is 12.1. The van der Waals surface area contributed by atoms with Crippen molar-refractivity contribution < 1.29 is 5.11 Å². The summed E-state index contributed by atoms with van der Waals surface area (Å²) in [5, 5.41) is 9.35. The molecule has 1 fully saturated rings. The van der Waals surface area contributed by atoms with Crippen molar-refractivity contribution in [2.75, 3.05) is 37.0 Å². The Bertz CT molecular complexity index is 394. The maximum Gasteiger partial charge on any atom is 0.134 e. The Morgan fingerprint density at radius 2 is 2.24 bits per heavy atom. The van der Waals surface area contributed by atoms with Gasteiger partial charge in [-0.1, -0.05) is 0 Å². The fraction of sp³-hybridized carbons (Fsp3) is 0.667. The first-order valence-corrected chi connectivity index (χ1v) is 6.02. The smallest absolute Gasteiger partial charge is 0.134 e. The van der Waals surface area contributed by atoms with Crippen LogP contribution in [0.3, 0.4) is 0 Å². The lowest BCUT2D eigenvalue weighted by atomic mass is 10.2. The summed E-state index contributed by atoms with van der Waals surface area (Å²) in [6, 6.07) is 2.19. The third-order valence-corrected chi connectivity index (χ3v) is 3.15. The zero-order chi connectivity index (χ0) is 12.4. The van der Waals surface area contributed by atoms with Gasteiger partial charge >= 0.3 is 0 Å². The van der Waals surface area contributed by atoms with E-state index in [4.69, 9.17) is 0 Å². The van der Waals surface area contributed by atoms with Crippen LogP contribution in [0.25, 0.3) is 0 Å². The fourth-order valence-electron chi connectivity index (χ4n) is 2.24. The Labute approximate surface area is 102 Å². The van der Waals surface area contributed by atoms with Crippen molar-refractivity contribution in [3.05, 3.63) is 11.9 Å². The van der Waals surface area contributed by atoms with Gasteiger partial charge in [0.05, 0.1) is 12.6 Å². The van der Waals surface area contributed by atoms with E-state index in [1.807, 2.05) is 32.0 Å². The van der Waals surface area contributed by atoms with E-state index in [1.54, 1.807) is 0 Å². The molecule has 1 aromatic rings. The van der Waals surface area contributed by atoms with E-state index in [0.29, 0.717) is 0 Å². The number of hydrogen-bond donors (Lipinski definition) is 1. The standard InChI is InChI=1S/C12H20N4O/c1-9-13-11(15(2)3)7-12(14-9)16-6-4-5-10(16)8-17/h7,10,17H,4-6,8H2,1-3H3. The summed E-state index contributed by atoms with van der Waals surface area (Å²) in [7, 11) is 3.94. The van der Waals surface area contributed by atoms with Crippen molar-refractivity contribution in [2.45, 2.75) is 25.8 Å². The number of aliphatic hydroxyl groups excluding tert-OH is 1. The van der Waals surface area contributed by atoms with Crippen LogP contribution in [0.1, 0.15) is 18.7 Å². The van der Waals surface area contributed by atoms with Gasteiger partial charge in [-0.05, 0) is 19.8 Å². The van der Waals surface area contributed by atoms with Gasteiger partial charge < -0.3 is 14.9 Å². The lowest BCUT2D eigenvalue weighted by Crippen LogP contribution is -2.33. The monoisotopic (exact) mass is 236 g/mol. The van der Waals surface area contributed by atoms with Gasteiger partial charge in [-0.2, -0.15) is 0 Å². The molecule has 0 bridgehead atoms. The molecule has 1 saturated heterocycles. The molecule has 2 rings (SSSR count). The zero-order valence-electron chi connectivity index (χ0n) is 10.7. The van der Waals surface area contributed by atoms with Crippen LogP contribution in [-0.2, 0) is 0 Å². The second-order valence-electron chi connectivity index (χ2n) is 4.70. The van der Waals surface area contributed by atoms with Crippen LogP contribution in [0, 0.1) is 6.92 Å². The first-order chi connectivity index (χ1) is 8.11. The molecule has 0 saturated carbocycles. The number of nitrogens with zero attached hydrogens (tertiary/aromatic N) is 4. The summed E-state index contributed by atoms with van der Waals surface area (Å²) in [5.41, 5.74) is 0. The van der Waals surface area contributed by atoms with E-state index in [9.17, 15) is 5.11 Å². The number of hydrogen-bond acceptors (Lipinski definition) is 5. The topological polar surface area (TPSA) is 52.5 Å². The minimum absolute atomic E-state index is 0.195. The van der Waals surface area contributed by atoms with Crippen molar-refractivity contribution in [3.63, 3.8) is 0 Å². The number of aliphatic hydroxyl groups is 1. The molecule has 1 N–H and O–H groups in total. The van der Waals surface area contributed by atoms with Crippen molar-refractivity contribution >= 4 is 11.6 Å². The van der Waals surface area contributed by atoms with Crippen molar-refractivity contribution in [1.82, 2.24) is 9.97 Å². The number of aryl methyl sites for hydroxylation is 1. The summed E-state index contributed by atoms with van der Waals surface area (Å²) < 4.78 is 0. The summed E-state index contributed by atoms with van der Waals surface area (Å²) in [6.07, 6.45) is 2.16. The minimum atomic E-state index is 0.195. The van der Waals surface area contributed by atoms with Gasteiger partial charge in [-0.15, -0.1) is 0 Å². The van der Waals surface area contributed by atoms with E-state index >= 15 is 0 Å². The molecule has 1 aliphatic rings. The van der Waals surface area contributed by atoms with Crippen molar-refractivity contribution in [3.8, 4) is 0 Å². The molecular formula is C12H20N4O. The predicted molar refractivity (Wildman–Crippen MR) is 68.5 cm³/mol. The van der Waals surface area contributed by atoms with Crippen molar-refractivity contribution in [2.24, 2.45) is 0 Å². The third-order valence-electron chi connectivity index (χ3n) is 3.15. The Hall–Kier alpha value is -1.36. The lowest BCUT2D eigenvalue weighted by Gasteiger charge is -2.25. The van der Waals surface area contributed by atoms with Crippen LogP contribution in [0.5, 0.6) is 0 Å². The number of aromatic nitrogens is 2. The number of anilines is 2. The summed E-state index contributed by atoms with van der Waals surface area (Å²) in [6.45, 7) is 3.06. The molecule has 0 radical (unpaired) electrons. The highest BCUT2D eigenvalue weighted by molar-refractivity contribution is 5.51. The molecule has 94 valence electrons. The molecule has 0 amide bonds. The Balaban J connectivity index is 2.31. The van der Waals surface area contributed by atoms with Crippen LogP contribution in [-0.4, -0.2) is 48.4 Å². The van der Waals surface area contributed by atoms with Gasteiger partial charge in [0.2, 0.25) is 0 Å².